The Balaban J connectivity index is 1.73. The molecule has 1 unspecified atom stereocenters. The van der Waals surface area contributed by atoms with E-state index < -0.39 is 5.54 Å². The van der Waals surface area contributed by atoms with Gasteiger partial charge in [-0.1, -0.05) is 6.92 Å². The molecule has 0 spiro atoms. The topological polar surface area (TPSA) is 41.6 Å². The number of hydrogen-bond acceptors (Lipinski definition) is 4. The molecule has 0 radical (unpaired) electrons. The van der Waals surface area contributed by atoms with Gasteiger partial charge in [0.05, 0.1) is 6.61 Å². The standard InChI is InChI=1S/C17H30N2O2/c1-3-18-17(14-7-8-14,16(20)21-4-2)12-19(15-9-10-15)11-13-5-6-13/h13-15,18H,3-12H2,1-2H3. The van der Waals surface area contributed by atoms with Gasteiger partial charge in [0.2, 0.25) is 0 Å². The third kappa shape index (κ3) is 3.59. The highest BCUT2D eigenvalue weighted by molar-refractivity contribution is 5.82. The van der Waals surface area contributed by atoms with Gasteiger partial charge < -0.3 is 10.1 Å². The second-order valence-corrected chi connectivity index (χ2v) is 7.10. The largest absolute Gasteiger partial charge is 0.465 e. The number of carbonyl (C=O) groups is 1. The summed E-state index contributed by atoms with van der Waals surface area (Å²) < 4.78 is 5.45. The molecule has 3 rings (SSSR count). The van der Waals surface area contributed by atoms with Crippen LogP contribution in [0.3, 0.4) is 0 Å². The lowest BCUT2D eigenvalue weighted by Gasteiger charge is -2.37. The Kier molecular flexibility index (Phi) is 4.55. The van der Waals surface area contributed by atoms with E-state index in [1.807, 2.05) is 6.92 Å². The van der Waals surface area contributed by atoms with Gasteiger partial charge in [0.15, 0.2) is 0 Å². The molecular formula is C17H30N2O2. The number of carbonyl (C=O) groups excluding carboxylic acids is 1. The summed E-state index contributed by atoms with van der Waals surface area (Å²) in [6, 6.07) is 0.719. The number of ether oxygens (including phenoxy) is 1. The highest BCUT2D eigenvalue weighted by Gasteiger charge is 2.53. The van der Waals surface area contributed by atoms with Crippen LogP contribution in [0.1, 0.15) is 52.4 Å². The molecular weight excluding hydrogens is 264 g/mol. The molecule has 21 heavy (non-hydrogen) atoms. The molecule has 4 heteroatoms. The van der Waals surface area contributed by atoms with Gasteiger partial charge in [-0.3, -0.25) is 4.90 Å². The van der Waals surface area contributed by atoms with Crippen LogP contribution < -0.4 is 5.32 Å². The number of likely N-dealkylation sites (N-methyl/N-ethyl adjacent to an activating group) is 1. The zero-order chi connectivity index (χ0) is 14.9. The number of nitrogens with one attached hydrogen (secondary N) is 1. The number of esters is 1. The molecule has 0 aromatic rings. The SMILES string of the molecule is CCNC(CN(CC1CC1)C1CC1)(C(=O)OCC)C1CC1. The van der Waals surface area contributed by atoms with Crippen molar-refractivity contribution in [3.05, 3.63) is 0 Å². The molecule has 3 fully saturated rings. The lowest BCUT2D eigenvalue weighted by molar-refractivity contribution is -0.153. The molecule has 1 atom stereocenters. The Labute approximate surface area is 128 Å². The van der Waals surface area contributed by atoms with E-state index in [1.54, 1.807) is 0 Å². The highest BCUT2D eigenvalue weighted by atomic mass is 16.5. The maximum absolute atomic E-state index is 12.7. The monoisotopic (exact) mass is 294 g/mol. The predicted octanol–water partition coefficient (Wildman–Crippen LogP) is 2.18. The van der Waals surface area contributed by atoms with Gasteiger partial charge in [-0.15, -0.1) is 0 Å². The molecule has 0 saturated heterocycles. The first kappa shape index (κ1) is 15.3. The maximum atomic E-state index is 12.7. The second kappa shape index (κ2) is 6.25. The van der Waals surface area contributed by atoms with Gasteiger partial charge in [0.1, 0.15) is 5.54 Å². The van der Waals surface area contributed by atoms with Gasteiger partial charge in [0, 0.05) is 19.1 Å². The summed E-state index contributed by atoms with van der Waals surface area (Å²) in [5, 5.41) is 3.53. The third-order valence-corrected chi connectivity index (χ3v) is 5.11. The summed E-state index contributed by atoms with van der Waals surface area (Å²) in [5.41, 5.74) is -0.456. The van der Waals surface area contributed by atoms with Gasteiger partial charge in [-0.25, -0.2) is 4.79 Å². The van der Waals surface area contributed by atoms with Crippen LogP contribution in [0.25, 0.3) is 0 Å². The molecule has 4 nitrogen and oxygen atoms in total. The van der Waals surface area contributed by atoms with Crippen LogP contribution in [0.15, 0.2) is 0 Å². The number of hydrogen-bond donors (Lipinski definition) is 1. The first-order valence-electron chi connectivity index (χ1n) is 8.86. The molecule has 120 valence electrons. The quantitative estimate of drug-likeness (QED) is 0.627. The van der Waals surface area contributed by atoms with Crippen LogP contribution in [0.4, 0.5) is 0 Å². The Morgan fingerprint density at radius 3 is 2.38 bits per heavy atom. The molecule has 3 aliphatic rings. The van der Waals surface area contributed by atoms with Crippen LogP contribution in [0, 0.1) is 11.8 Å². The summed E-state index contributed by atoms with van der Waals surface area (Å²) in [7, 11) is 0. The molecule has 0 aromatic carbocycles. The van der Waals surface area contributed by atoms with E-state index in [2.05, 4.69) is 17.1 Å². The molecule has 0 aromatic heterocycles. The molecule has 0 aliphatic heterocycles. The van der Waals surface area contributed by atoms with Crippen molar-refractivity contribution in [1.29, 1.82) is 0 Å². The van der Waals surface area contributed by atoms with E-state index in [1.165, 1.54) is 32.2 Å². The van der Waals surface area contributed by atoms with E-state index in [0.717, 1.165) is 37.9 Å². The minimum atomic E-state index is -0.456. The van der Waals surface area contributed by atoms with Gasteiger partial charge in [-0.05, 0) is 63.8 Å². The minimum absolute atomic E-state index is 0.0178. The van der Waals surface area contributed by atoms with E-state index in [9.17, 15) is 4.79 Å². The van der Waals surface area contributed by atoms with E-state index >= 15 is 0 Å². The Morgan fingerprint density at radius 1 is 1.19 bits per heavy atom. The van der Waals surface area contributed by atoms with Crippen molar-refractivity contribution >= 4 is 5.97 Å². The molecule has 3 saturated carbocycles. The van der Waals surface area contributed by atoms with Crippen molar-refractivity contribution in [2.45, 2.75) is 64.0 Å². The fourth-order valence-corrected chi connectivity index (χ4v) is 3.52. The van der Waals surface area contributed by atoms with Crippen LogP contribution in [0.5, 0.6) is 0 Å². The van der Waals surface area contributed by atoms with Crippen molar-refractivity contribution in [2.75, 3.05) is 26.2 Å². The average Bonchev–Trinajstić information content (AvgIpc) is 3.26. The maximum Gasteiger partial charge on any atom is 0.327 e. The Hall–Kier alpha value is -0.610. The van der Waals surface area contributed by atoms with Crippen LogP contribution >= 0.6 is 0 Å². The van der Waals surface area contributed by atoms with Gasteiger partial charge in [-0.2, -0.15) is 0 Å². The Morgan fingerprint density at radius 2 is 1.90 bits per heavy atom. The van der Waals surface area contributed by atoms with Crippen molar-refractivity contribution in [2.24, 2.45) is 11.8 Å². The summed E-state index contributed by atoms with van der Waals surface area (Å²) >= 11 is 0. The fraction of sp³-hybridized carbons (Fsp3) is 0.941. The van der Waals surface area contributed by atoms with Crippen molar-refractivity contribution < 1.29 is 9.53 Å². The summed E-state index contributed by atoms with van der Waals surface area (Å²) in [5.74, 6) is 1.33. The molecule has 0 heterocycles. The summed E-state index contributed by atoms with van der Waals surface area (Å²) in [4.78, 5) is 15.3. The lowest BCUT2D eigenvalue weighted by atomic mass is 9.91. The molecule has 3 aliphatic carbocycles. The molecule has 0 bridgehead atoms. The van der Waals surface area contributed by atoms with Gasteiger partial charge >= 0.3 is 5.97 Å². The minimum Gasteiger partial charge on any atom is -0.465 e. The van der Waals surface area contributed by atoms with E-state index in [0.29, 0.717) is 12.5 Å². The summed E-state index contributed by atoms with van der Waals surface area (Å²) in [6.07, 6.45) is 7.69. The second-order valence-electron chi connectivity index (χ2n) is 7.10. The zero-order valence-electron chi connectivity index (χ0n) is 13.6. The van der Waals surface area contributed by atoms with Crippen molar-refractivity contribution in [3.8, 4) is 0 Å². The first-order valence-corrected chi connectivity index (χ1v) is 8.86. The first-order chi connectivity index (χ1) is 10.2. The normalized spacial score (nSPS) is 24.9. The summed E-state index contributed by atoms with van der Waals surface area (Å²) in [6.45, 7) is 7.35. The number of rotatable bonds is 10. The number of nitrogens with zero attached hydrogens (tertiary/aromatic N) is 1. The fourth-order valence-electron chi connectivity index (χ4n) is 3.52. The van der Waals surface area contributed by atoms with E-state index in [4.69, 9.17) is 4.74 Å². The van der Waals surface area contributed by atoms with E-state index in [-0.39, 0.29) is 5.97 Å². The Bertz CT molecular complexity index is 375. The predicted molar refractivity (Wildman–Crippen MR) is 83.1 cm³/mol. The smallest absolute Gasteiger partial charge is 0.327 e. The zero-order valence-corrected chi connectivity index (χ0v) is 13.6. The highest BCUT2D eigenvalue weighted by Crippen LogP contribution is 2.43. The van der Waals surface area contributed by atoms with Crippen LogP contribution in [-0.2, 0) is 9.53 Å². The van der Waals surface area contributed by atoms with Crippen molar-refractivity contribution in [1.82, 2.24) is 10.2 Å². The van der Waals surface area contributed by atoms with Gasteiger partial charge in [0.25, 0.3) is 0 Å². The van der Waals surface area contributed by atoms with Crippen molar-refractivity contribution in [3.63, 3.8) is 0 Å². The average molecular weight is 294 g/mol. The van der Waals surface area contributed by atoms with Crippen LogP contribution in [0.2, 0.25) is 0 Å². The van der Waals surface area contributed by atoms with Crippen LogP contribution in [-0.4, -0.2) is 48.7 Å². The third-order valence-electron chi connectivity index (χ3n) is 5.11. The molecule has 1 N–H and O–H groups in total. The molecule has 0 amide bonds. The lowest BCUT2D eigenvalue weighted by Crippen LogP contribution is -2.61.